The summed E-state index contributed by atoms with van der Waals surface area (Å²) in [5.41, 5.74) is 1.61. The van der Waals surface area contributed by atoms with Crippen molar-refractivity contribution in [1.29, 1.82) is 0 Å². The normalized spacial score (nSPS) is 34.9. The zero-order chi connectivity index (χ0) is 34.7. The number of aryl methyl sites for hydroxylation is 1. The van der Waals surface area contributed by atoms with Crippen LogP contribution in [0.5, 0.6) is 5.75 Å². The molecule has 7 rings (SSSR count). The van der Waals surface area contributed by atoms with Crippen LogP contribution in [0.3, 0.4) is 0 Å². The number of morpholine rings is 1. The Morgan fingerprint density at radius 3 is 2.63 bits per heavy atom. The summed E-state index contributed by atoms with van der Waals surface area (Å²) in [7, 11) is -2.27. The monoisotopic (exact) mass is 713 g/mol. The number of likely N-dealkylation sites (N-methyl/N-ethyl adjacent to an activating group) is 1. The molecule has 7 atom stereocenters. The first-order chi connectivity index (χ1) is 23.3. The third-order valence-corrected chi connectivity index (χ3v) is 14.5. The average Bonchev–Trinajstić information content (AvgIpc) is 3.20. The molecular weight excluding hydrogens is 666 g/mol. The number of hydrogen-bond donors (Lipinski definition) is 2. The third-order valence-electron chi connectivity index (χ3n) is 12.3. The lowest BCUT2D eigenvalue weighted by Gasteiger charge is -2.53. The lowest BCUT2D eigenvalue weighted by atomic mass is 9.60. The zero-order valence-corrected chi connectivity index (χ0v) is 30.2. The van der Waals surface area contributed by atoms with Crippen LogP contribution in [0.4, 0.5) is 5.69 Å². The van der Waals surface area contributed by atoms with Crippen LogP contribution in [-0.4, -0.2) is 87.1 Å². The van der Waals surface area contributed by atoms with Gasteiger partial charge in [-0.2, -0.15) is 0 Å². The number of ether oxygens (including phenoxy) is 2. The summed E-state index contributed by atoms with van der Waals surface area (Å²) in [6.45, 7) is 5.90. The topological polar surface area (TPSA) is 125 Å². The van der Waals surface area contributed by atoms with Gasteiger partial charge < -0.3 is 24.4 Å². The Bertz CT molecular complexity index is 1740. The smallest absolute Gasteiger partial charge is 0.264 e. The molecule has 266 valence electrons. The van der Waals surface area contributed by atoms with Crippen molar-refractivity contribution in [2.75, 3.05) is 44.8 Å². The predicted molar refractivity (Wildman–Crippen MR) is 188 cm³/mol. The van der Waals surface area contributed by atoms with Gasteiger partial charge in [-0.25, -0.2) is 13.1 Å². The summed E-state index contributed by atoms with van der Waals surface area (Å²) in [6.07, 6.45) is 4.78. The Labute approximate surface area is 294 Å². The molecule has 2 aliphatic carbocycles. The van der Waals surface area contributed by atoms with Gasteiger partial charge in [-0.1, -0.05) is 31.0 Å². The quantitative estimate of drug-likeness (QED) is 0.436. The van der Waals surface area contributed by atoms with E-state index in [2.05, 4.69) is 21.8 Å². The van der Waals surface area contributed by atoms with Crippen molar-refractivity contribution in [2.45, 2.75) is 87.6 Å². The standard InChI is InChI=1S/C37H48ClN3O7S/c1-23-6-4-15-37(44,33-35(43)40(3)16-17-47-33)30-11-8-27(30)20-41-21-36(14-5-7-25-18-28(38)10-12-29(25)36)22-48-32-13-9-26(19-31(32)41)34(42)39-49(45,46)24(23)2/h9-10,12-13,18-19,23-24,27,30,33,44H,4-8,11,14-17,20-22H2,1-3H3,(H,39,42)/t23-,24+,27-,30+,33+,36-,37+/m0/s1. The fourth-order valence-electron chi connectivity index (χ4n) is 9.07. The van der Waals surface area contributed by atoms with Gasteiger partial charge in [-0.3, -0.25) is 9.59 Å². The molecule has 10 nitrogen and oxygen atoms in total. The molecule has 0 aromatic heterocycles. The first kappa shape index (κ1) is 34.6. The highest BCUT2D eigenvalue weighted by Gasteiger charge is 2.56. The van der Waals surface area contributed by atoms with Crippen LogP contribution in [0.15, 0.2) is 36.4 Å². The number of nitrogens with one attached hydrogen (secondary N) is 1. The summed E-state index contributed by atoms with van der Waals surface area (Å²) < 4.78 is 42.0. The molecule has 49 heavy (non-hydrogen) atoms. The SMILES string of the molecule is C[C@@H]1[C@@H](C)CCC[C@](O)([C@@H]2OCCN(C)C2=O)[C@@H]2CC[C@H]2CN2C[C@@]3(CCCc4cc(Cl)ccc43)COc3ccc(cc32)C(=O)NS1(=O)=O. The second kappa shape index (κ2) is 13.0. The minimum atomic E-state index is -4.01. The summed E-state index contributed by atoms with van der Waals surface area (Å²) in [5, 5.41) is 12.5. The lowest BCUT2D eigenvalue weighted by Crippen LogP contribution is -2.64. The van der Waals surface area contributed by atoms with Crippen molar-refractivity contribution in [3.05, 3.63) is 58.1 Å². The first-order valence-corrected chi connectivity index (χ1v) is 19.7. The molecule has 2 bridgehead atoms. The summed E-state index contributed by atoms with van der Waals surface area (Å²) in [5.74, 6) is -0.713. The van der Waals surface area contributed by atoms with Gasteiger partial charge >= 0.3 is 0 Å². The number of benzene rings is 2. The van der Waals surface area contributed by atoms with E-state index >= 15 is 0 Å². The van der Waals surface area contributed by atoms with Crippen LogP contribution < -0.4 is 14.4 Å². The van der Waals surface area contributed by atoms with Crippen LogP contribution in [0, 0.1) is 17.8 Å². The van der Waals surface area contributed by atoms with Gasteiger partial charge in [0.25, 0.3) is 11.8 Å². The molecule has 2 N–H and O–H groups in total. The molecule has 1 spiro atoms. The van der Waals surface area contributed by atoms with Crippen molar-refractivity contribution in [1.82, 2.24) is 9.62 Å². The number of carbonyl (C=O) groups excluding carboxylic acids is 2. The fourth-order valence-corrected chi connectivity index (χ4v) is 10.6. The Kier molecular flexibility index (Phi) is 9.20. The molecule has 0 radical (unpaired) electrons. The van der Waals surface area contributed by atoms with Crippen molar-refractivity contribution in [3.8, 4) is 5.75 Å². The fraction of sp³-hybridized carbons (Fsp3) is 0.622. The Hall–Kier alpha value is -2.86. The third kappa shape index (κ3) is 6.23. The molecule has 1 saturated heterocycles. The second-order valence-corrected chi connectivity index (χ2v) is 17.8. The van der Waals surface area contributed by atoms with E-state index in [1.165, 1.54) is 11.1 Å². The van der Waals surface area contributed by atoms with E-state index in [0.29, 0.717) is 62.9 Å². The number of halogens is 1. The van der Waals surface area contributed by atoms with Gasteiger partial charge in [0.05, 0.1) is 24.2 Å². The van der Waals surface area contributed by atoms with Crippen molar-refractivity contribution in [3.63, 3.8) is 0 Å². The van der Waals surface area contributed by atoms with Crippen LogP contribution >= 0.6 is 11.6 Å². The van der Waals surface area contributed by atoms with Crippen molar-refractivity contribution in [2.24, 2.45) is 17.8 Å². The summed E-state index contributed by atoms with van der Waals surface area (Å²) in [6, 6.07) is 11.2. The molecule has 1 saturated carbocycles. The van der Waals surface area contributed by atoms with Gasteiger partial charge in [0.1, 0.15) is 11.4 Å². The maximum Gasteiger partial charge on any atom is 0.264 e. The number of sulfonamides is 1. The minimum Gasteiger partial charge on any atom is -0.490 e. The number of anilines is 1. The number of carbonyl (C=O) groups is 2. The van der Waals surface area contributed by atoms with E-state index in [4.69, 9.17) is 21.1 Å². The molecule has 2 aromatic carbocycles. The number of rotatable bonds is 1. The maximum absolute atomic E-state index is 13.6. The highest BCUT2D eigenvalue weighted by Crippen LogP contribution is 2.50. The van der Waals surface area contributed by atoms with E-state index in [9.17, 15) is 23.1 Å². The summed E-state index contributed by atoms with van der Waals surface area (Å²) in [4.78, 5) is 31.0. The van der Waals surface area contributed by atoms with Gasteiger partial charge in [-0.15, -0.1) is 0 Å². The maximum atomic E-state index is 13.6. The molecule has 2 amide bonds. The number of amides is 2. The van der Waals surface area contributed by atoms with Crippen LogP contribution in [-0.2, 0) is 31.4 Å². The second-order valence-electron chi connectivity index (χ2n) is 15.3. The van der Waals surface area contributed by atoms with Gasteiger partial charge in [0, 0.05) is 42.7 Å². The molecule has 12 heteroatoms. The number of fused-ring (bicyclic) bond motifs is 4. The first-order valence-electron chi connectivity index (χ1n) is 17.8. The number of aliphatic hydroxyl groups is 1. The number of hydrogen-bond acceptors (Lipinski definition) is 8. The van der Waals surface area contributed by atoms with Crippen molar-refractivity contribution < 1.29 is 32.6 Å². The van der Waals surface area contributed by atoms with Crippen LogP contribution in [0.2, 0.25) is 5.02 Å². The molecule has 3 aliphatic heterocycles. The minimum absolute atomic E-state index is 0.0482. The highest BCUT2D eigenvalue weighted by molar-refractivity contribution is 7.90. The molecule has 0 unspecified atom stereocenters. The Morgan fingerprint density at radius 2 is 1.86 bits per heavy atom. The molecule has 5 aliphatic rings. The zero-order valence-electron chi connectivity index (χ0n) is 28.6. The van der Waals surface area contributed by atoms with E-state index in [1.54, 1.807) is 37.1 Å². The van der Waals surface area contributed by atoms with Crippen LogP contribution in [0.25, 0.3) is 0 Å². The van der Waals surface area contributed by atoms with Gasteiger partial charge in [-0.05, 0) is 111 Å². The molecule has 2 fully saturated rings. The largest absolute Gasteiger partial charge is 0.490 e. The Balaban J connectivity index is 1.32. The summed E-state index contributed by atoms with van der Waals surface area (Å²) >= 11 is 6.44. The van der Waals surface area contributed by atoms with Gasteiger partial charge in [0.15, 0.2) is 6.10 Å². The molecule has 3 heterocycles. The predicted octanol–water partition coefficient (Wildman–Crippen LogP) is 4.70. The average molecular weight is 714 g/mol. The van der Waals surface area contributed by atoms with E-state index in [0.717, 1.165) is 37.8 Å². The van der Waals surface area contributed by atoms with E-state index < -0.39 is 32.9 Å². The van der Waals surface area contributed by atoms with Gasteiger partial charge in [0.2, 0.25) is 10.0 Å². The molecular formula is C37H48ClN3O7S. The van der Waals surface area contributed by atoms with E-state index in [-0.39, 0.29) is 34.6 Å². The highest BCUT2D eigenvalue weighted by atomic mass is 35.5. The lowest BCUT2D eigenvalue weighted by molar-refractivity contribution is -0.202. The Morgan fingerprint density at radius 1 is 1.04 bits per heavy atom. The molecule has 2 aromatic rings. The number of nitrogens with zero attached hydrogens (tertiary/aromatic N) is 2. The van der Waals surface area contributed by atoms with Crippen LogP contribution in [0.1, 0.15) is 80.3 Å². The van der Waals surface area contributed by atoms with E-state index in [1.807, 2.05) is 13.0 Å². The van der Waals surface area contributed by atoms with Crippen molar-refractivity contribution >= 4 is 39.1 Å².